The molecule has 0 aliphatic carbocycles. The minimum Gasteiger partial charge on any atom is -0.456 e. The van der Waals surface area contributed by atoms with Gasteiger partial charge in [0, 0.05) is 7.05 Å². The maximum Gasteiger partial charge on any atom is 0.296 e. The molecule has 3 aromatic rings. The molecule has 0 amide bonds. The monoisotopic (exact) mass is 436 g/mol. The lowest BCUT2D eigenvalue weighted by Crippen LogP contribution is -2.34. The zero-order valence-electron chi connectivity index (χ0n) is 16.1. The minimum absolute atomic E-state index is 0.0812. The average Bonchev–Trinajstić information content (AvgIpc) is 3.46. The number of hydrogen-bond acceptors (Lipinski definition) is 9. The van der Waals surface area contributed by atoms with E-state index >= 15 is 0 Å². The molecule has 0 unspecified atom stereocenters. The van der Waals surface area contributed by atoms with Gasteiger partial charge in [-0.1, -0.05) is 11.6 Å². The summed E-state index contributed by atoms with van der Waals surface area (Å²) in [6.07, 6.45) is -1.71. The van der Waals surface area contributed by atoms with E-state index in [1.807, 2.05) is 0 Å². The summed E-state index contributed by atoms with van der Waals surface area (Å²) in [5.74, 6) is 0.463. The number of aromatic nitrogens is 5. The van der Waals surface area contributed by atoms with Gasteiger partial charge in [-0.15, -0.1) is 0 Å². The van der Waals surface area contributed by atoms with Crippen molar-refractivity contribution in [2.75, 3.05) is 18.5 Å². The van der Waals surface area contributed by atoms with Crippen molar-refractivity contribution in [2.45, 2.75) is 37.6 Å². The van der Waals surface area contributed by atoms with Crippen molar-refractivity contribution < 1.29 is 24.4 Å². The molecule has 30 heavy (non-hydrogen) atoms. The van der Waals surface area contributed by atoms with E-state index in [2.05, 4.69) is 25.4 Å². The van der Waals surface area contributed by atoms with Gasteiger partial charge in [0.1, 0.15) is 24.1 Å². The van der Waals surface area contributed by atoms with Crippen LogP contribution in [0.5, 0.6) is 6.01 Å². The molecule has 0 spiro atoms. The number of aryl methyl sites for hydroxylation is 1. The van der Waals surface area contributed by atoms with Crippen LogP contribution in [0.25, 0.3) is 11.2 Å². The Balaban J connectivity index is 1.30. The van der Waals surface area contributed by atoms with Crippen molar-refractivity contribution >= 4 is 28.6 Å². The Morgan fingerprint density at radius 2 is 2.13 bits per heavy atom. The molecule has 2 aliphatic heterocycles. The molecule has 2 fully saturated rings. The van der Waals surface area contributed by atoms with Gasteiger partial charge in [0.2, 0.25) is 0 Å². The standard InChI is InChI=1S/C18H21ClN6O5/c1-25-9(5-26)2-8(24-25)4-20-16-10(19)3-11-17(22-16)23-18(21-11)30-13-7-29-14-12(27)6-28-15(13)14/h2-3,12-15,26-27H,4-7H2,1H3,(H2,20,21,22,23)/t12-,13-,14-,15-/m1/s1. The number of pyridine rings is 1. The predicted molar refractivity (Wildman–Crippen MR) is 105 cm³/mol. The van der Waals surface area contributed by atoms with E-state index in [-0.39, 0.29) is 37.5 Å². The van der Waals surface area contributed by atoms with Gasteiger partial charge < -0.3 is 34.7 Å². The van der Waals surface area contributed by atoms with Gasteiger partial charge in [-0.25, -0.2) is 4.98 Å². The first-order valence-electron chi connectivity index (χ1n) is 9.52. The summed E-state index contributed by atoms with van der Waals surface area (Å²) in [5.41, 5.74) is 2.54. The first kappa shape index (κ1) is 19.5. The van der Waals surface area contributed by atoms with Crippen LogP contribution in [0.1, 0.15) is 11.4 Å². The lowest BCUT2D eigenvalue weighted by atomic mass is 10.1. The van der Waals surface area contributed by atoms with Crippen LogP contribution in [0.2, 0.25) is 5.02 Å². The van der Waals surface area contributed by atoms with E-state index < -0.39 is 6.10 Å². The van der Waals surface area contributed by atoms with Crippen molar-refractivity contribution in [3.63, 3.8) is 0 Å². The second-order valence-electron chi connectivity index (χ2n) is 7.31. The van der Waals surface area contributed by atoms with Gasteiger partial charge in [-0.3, -0.25) is 4.68 Å². The molecule has 3 aromatic heterocycles. The van der Waals surface area contributed by atoms with E-state index in [9.17, 15) is 10.2 Å². The highest BCUT2D eigenvalue weighted by Crippen LogP contribution is 2.30. The molecule has 2 aliphatic rings. The minimum atomic E-state index is -0.638. The zero-order chi connectivity index (χ0) is 20.8. The van der Waals surface area contributed by atoms with Crippen molar-refractivity contribution in [1.82, 2.24) is 24.7 Å². The van der Waals surface area contributed by atoms with E-state index in [1.165, 1.54) is 0 Å². The normalized spacial score (nSPS) is 25.7. The predicted octanol–water partition coefficient (Wildman–Crippen LogP) is 0.355. The number of aliphatic hydroxyl groups excluding tert-OH is 2. The SMILES string of the molecule is Cn1nc(CNc2nc3nc(O[C@@H]4CO[C@H]5[C@@H]4OC[C@H]5O)[nH]c3cc2Cl)cc1CO. The molecule has 0 radical (unpaired) electrons. The number of ether oxygens (including phenoxy) is 3. The molecule has 5 heterocycles. The summed E-state index contributed by atoms with van der Waals surface area (Å²) in [7, 11) is 1.77. The molecule has 4 atom stereocenters. The first-order chi connectivity index (χ1) is 14.5. The van der Waals surface area contributed by atoms with Crippen LogP contribution >= 0.6 is 11.6 Å². The molecule has 160 valence electrons. The molecule has 4 N–H and O–H groups in total. The first-order valence-corrected chi connectivity index (χ1v) is 9.90. The fourth-order valence-electron chi connectivity index (χ4n) is 3.74. The topological polar surface area (TPSA) is 140 Å². The number of nitrogens with one attached hydrogen (secondary N) is 2. The number of rotatable bonds is 6. The quantitative estimate of drug-likeness (QED) is 0.431. The van der Waals surface area contributed by atoms with Crippen LogP contribution in [-0.2, 0) is 29.7 Å². The second kappa shape index (κ2) is 7.67. The van der Waals surface area contributed by atoms with Crippen LogP contribution in [0.3, 0.4) is 0 Å². The van der Waals surface area contributed by atoms with E-state index in [4.69, 9.17) is 25.8 Å². The van der Waals surface area contributed by atoms with Gasteiger partial charge in [0.15, 0.2) is 11.8 Å². The van der Waals surface area contributed by atoms with Crippen LogP contribution in [0, 0.1) is 0 Å². The summed E-state index contributed by atoms with van der Waals surface area (Å²) in [4.78, 5) is 11.9. The Morgan fingerprint density at radius 1 is 1.30 bits per heavy atom. The Kier molecular flexibility index (Phi) is 4.99. The van der Waals surface area contributed by atoms with Crippen LogP contribution in [0.4, 0.5) is 5.82 Å². The number of nitrogens with zero attached hydrogens (tertiary/aromatic N) is 4. The fraction of sp³-hybridized carbons (Fsp3) is 0.500. The molecular weight excluding hydrogens is 416 g/mol. The maximum atomic E-state index is 9.84. The number of hydrogen-bond donors (Lipinski definition) is 4. The van der Waals surface area contributed by atoms with Gasteiger partial charge in [-0.05, 0) is 12.1 Å². The highest BCUT2D eigenvalue weighted by atomic mass is 35.5. The number of H-pyrrole nitrogens is 1. The van der Waals surface area contributed by atoms with Gasteiger partial charge in [0.05, 0.1) is 48.3 Å². The third-order valence-corrected chi connectivity index (χ3v) is 5.56. The van der Waals surface area contributed by atoms with Crippen molar-refractivity contribution in [3.05, 3.63) is 28.5 Å². The number of aliphatic hydroxyl groups is 2. The average molecular weight is 437 g/mol. The molecule has 11 nitrogen and oxygen atoms in total. The Morgan fingerprint density at radius 3 is 2.93 bits per heavy atom. The molecular formula is C18H21ClN6O5. The van der Waals surface area contributed by atoms with Gasteiger partial charge >= 0.3 is 0 Å². The summed E-state index contributed by atoms with van der Waals surface area (Å²) in [6.45, 7) is 0.853. The van der Waals surface area contributed by atoms with Crippen molar-refractivity contribution in [3.8, 4) is 6.01 Å². The third kappa shape index (κ3) is 3.48. The molecule has 0 bridgehead atoms. The zero-order valence-corrected chi connectivity index (χ0v) is 16.8. The Bertz CT molecular complexity index is 1070. The third-order valence-electron chi connectivity index (χ3n) is 5.28. The number of halogens is 1. The largest absolute Gasteiger partial charge is 0.456 e. The maximum absolute atomic E-state index is 9.84. The highest BCUT2D eigenvalue weighted by Gasteiger charge is 2.48. The lowest BCUT2D eigenvalue weighted by Gasteiger charge is -2.15. The molecule has 12 heteroatoms. The van der Waals surface area contributed by atoms with E-state index in [0.717, 1.165) is 5.69 Å². The molecule has 0 aromatic carbocycles. The van der Waals surface area contributed by atoms with Crippen LogP contribution in [0.15, 0.2) is 12.1 Å². The number of anilines is 1. The fourth-order valence-corrected chi connectivity index (χ4v) is 3.96. The van der Waals surface area contributed by atoms with Crippen molar-refractivity contribution in [1.29, 1.82) is 0 Å². The number of aromatic amines is 1. The summed E-state index contributed by atoms with van der Waals surface area (Å²) >= 11 is 6.35. The van der Waals surface area contributed by atoms with Crippen LogP contribution in [-0.4, -0.2) is 72.6 Å². The molecule has 0 saturated carbocycles. The second-order valence-corrected chi connectivity index (χ2v) is 7.72. The van der Waals surface area contributed by atoms with Gasteiger partial charge in [-0.2, -0.15) is 10.1 Å². The smallest absolute Gasteiger partial charge is 0.296 e. The van der Waals surface area contributed by atoms with E-state index in [0.29, 0.717) is 40.8 Å². The number of fused-ring (bicyclic) bond motifs is 2. The van der Waals surface area contributed by atoms with Gasteiger partial charge in [0.25, 0.3) is 6.01 Å². The van der Waals surface area contributed by atoms with Crippen LogP contribution < -0.4 is 10.1 Å². The summed E-state index contributed by atoms with van der Waals surface area (Å²) in [6, 6.07) is 3.80. The van der Waals surface area contributed by atoms with E-state index in [1.54, 1.807) is 23.9 Å². The highest BCUT2D eigenvalue weighted by molar-refractivity contribution is 6.33. The Hall–Kier alpha value is -2.44. The summed E-state index contributed by atoms with van der Waals surface area (Å²) < 4.78 is 18.6. The number of imidazole rings is 1. The van der Waals surface area contributed by atoms with Crippen molar-refractivity contribution in [2.24, 2.45) is 7.05 Å². The summed E-state index contributed by atoms with van der Waals surface area (Å²) in [5, 5.41) is 27.0. The Labute approximate surface area is 175 Å². The molecule has 2 saturated heterocycles. The molecule has 5 rings (SSSR count). The lowest BCUT2D eigenvalue weighted by molar-refractivity contribution is 0.00706.